The van der Waals surface area contributed by atoms with Crippen LogP contribution in [-0.2, 0) is 0 Å². The van der Waals surface area contributed by atoms with Crippen molar-refractivity contribution >= 4 is 27.7 Å². The number of halogens is 5. The standard InChI is InChI=1S/C3H3BrF4S/c1-9-2(4,5)3(6,7)8/h1H3. The highest BCUT2D eigenvalue weighted by molar-refractivity contribution is 9.11. The Morgan fingerprint density at radius 1 is 1.22 bits per heavy atom. The van der Waals surface area contributed by atoms with Crippen LogP contribution in [0.2, 0.25) is 0 Å². The average Bonchev–Trinajstić information content (AvgIpc) is 1.64. The molecule has 1 unspecified atom stereocenters. The number of thioether (sulfide) groups is 1. The Bertz CT molecular complexity index is 98.5. The Hall–Kier alpha value is 0.550. The first-order valence-electron chi connectivity index (χ1n) is 1.81. The maximum Gasteiger partial charge on any atom is 0.442 e. The third kappa shape index (κ3) is 2.33. The van der Waals surface area contributed by atoms with Crippen molar-refractivity contribution in [2.75, 3.05) is 6.26 Å². The van der Waals surface area contributed by atoms with E-state index in [4.69, 9.17) is 0 Å². The fourth-order valence-electron chi connectivity index (χ4n) is 0.116. The van der Waals surface area contributed by atoms with Gasteiger partial charge in [0.1, 0.15) is 0 Å². The van der Waals surface area contributed by atoms with Crippen molar-refractivity contribution in [1.29, 1.82) is 0 Å². The summed E-state index contributed by atoms with van der Waals surface area (Å²) in [7, 11) is 0. The molecule has 0 saturated heterocycles. The van der Waals surface area contributed by atoms with Gasteiger partial charge in [-0.2, -0.15) is 13.2 Å². The Morgan fingerprint density at radius 3 is 1.56 bits per heavy atom. The predicted octanol–water partition coefficient (Wildman–Crippen LogP) is 2.93. The third-order valence-corrected chi connectivity index (χ3v) is 2.75. The van der Waals surface area contributed by atoms with Crippen LogP contribution in [-0.4, -0.2) is 16.3 Å². The van der Waals surface area contributed by atoms with E-state index >= 15 is 0 Å². The molecular formula is C3H3BrF4S. The molecule has 0 spiro atoms. The molecule has 0 aliphatic heterocycles. The quantitative estimate of drug-likeness (QED) is 0.490. The first-order chi connectivity index (χ1) is 3.81. The van der Waals surface area contributed by atoms with Crippen LogP contribution in [0.5, 0.6) is 0 Å². The summed E-state index contributed by atoms with van der Waals surface area (Å²) in [6.07, 6.45) is -3.81. The Morgan fingerprint density at radius 2 is 1.56 bits per heavy atom. The summed E-state index contributed by atoms with van der Waals surface area (Å²) in [5, 5.41) is 0. The molecule has 9 heavy (non-hydrogen) atoms. The Kier molecular flexibility index (Phi) is 2.82. The highest BCUT2D eigenvalue weighted by atomic mass is 79.9. The van der Waals surface area contributed by atoms with Gasteiger partial charge in [-0.3, -0.25) is 0 Å². The van der Waals surface area contributed by atoms with Gasteiger partial charge >= 0.3 is 10.1 Å². The lowest BCUT2D eigenvalue weighted by molar-refractivity contribution is -0.163. The lowest BCUT2D eigenvalue weighted by atomic mass is 10.7. The van der Waals surface area contributed by atoms with E-state index in [1.807, 2.05) is 15.9 Å². The number of hydrogen-bond donors (Lipinski definition) is 0. The normalized spacial score (nSPS) is 19.3. The summed E-state index contributed by atoms with van der Waals surface area (Å²) >= 11 is 1.93. The molecule has 0 amide bonds. The maximum absolute atomic E-state index is 12.1. The van der Waals surface area contributed by atoms with Crippen molar-refractivity contribution in [3.63, 3.8) is 0 Å². The first kappa shape index (κ1) is 9.55. The van der Waals surface area contributed by atoms with E-state index in [9.17, 15) is 17.6 Å². The molecule has 0 aromatic rings. The predicted molar refractivity (Wildman–Crippen MR) is 32.3 cm³/mol. The maximum atomic E-state index is 12.1. The van der Waals surface area contributed by atoms with E-state index in [1.165, 1.54) is 0 Å². The van der Waals surface area contributed by atoms with Crippen LogP contribution in [0.15, 0.2) is 0 Å². The second kappa shape index (κ2) is 2.65. The average molecular weight is 227 g/mol. The molecule has 0 aliphatic rings. The smallest absolute Gasteiger partial charge is 0.209 e. The largest absolute Gasteiger partial charge is 0.442 e. The first-order valence-corrected chi connectivity index (χ1v) is 3.83. The molecule has 6 heteroatoms. The zero-order chi connectivity index (χ0) is 7.71. The summed E-state index contributed by atoms with van der Waals surface area (Å²) < 4.78 is 43.0. The molecule has 0 bridgehead atoms. The molecule has 0 heterocycles. The fourth-order valence-corrected chi connectivity index (χ4v) is 0.347. The Balaban J connectivity index is 4.14. The minimum Gasteiger partial charge on any atom is -0.209 e. The van der Waals surface area contributed by atoms with Gasteiger partial charge in [0, 0.05) is 0 Å². The monoisotopic (exact) mass is 226 g/mol. The summed E-state index contributed by atoms with van der Waals surface area (Å²) in [5.41, 5.74) is 0. The van der Waals surface area contributed by atoms with Crippen LogP contribution >= 0.6 is 27.7 Å². The molecule has 0 nitrogen and oxygen atoms in total. The van der Waals surface area contributed by atoms with Crippen molar-refractivity contribution in [3.05, 3.63) is 0 Å². The van der Waals surface area contributed by atoms with Gasteiger partial charge in [0.25, 0.3) is 0 Å². The van der Waals surface area contributed by atoms with E-state index in [0.29, 0.717) is 0 Å². The minimum absolute atomic E-state index is 0.0590. The van der Waals surface area contributed by atoms with Gasteiger partial charge in [0.15, 0.2) is 0 Å². The van der Waals surface area contributed by atoms with Crippen molar-refractivity contribution < 1.29 is 17.6 Å². The van der Waals surface area contributed by atoms with Crippen molar-refractivity contribution in [1.82, 2.24) is 0 Å². The van der Waals surface area contributed by atoms with Gasteiger partial charge in [-0.1, -0.05) is 0 Å². The molecule has 0 saturated carbocycles. The zero-order valence-corrected chi connectivity index (χ0v) is 6.70. The molecule has 0 aromatic heterocycles. The van der Waals surface area contributed by atoms with Crippen LogP contribution in [0.1, 0.15) is 0 Å². The molecular weight excluding hydrogens is 224 g/mol. The van der Waals surface area contributed by atoms with Crippen LogP contribution in [0.4, 0.5) is 17.6 Å². The molecule has 0 aromatic carbocycles. The Labute approximate surface area is 62.1 Å². The van der Waals surface area contributed by atoms with E-state index < -0.39 is 10.1 Å². The van der Waals surface area contributed by atoms with E-state index in [0.717, 1.165) is 6.26 Å². The second-order valence-corrected chi connectivity index (χ2v) is 3.81. The summed E-state index contributed by atoms with van der Waals surface area (Å²) in [5.74, 6) is 0. The van der Waals surface area contributed by atoms with Gasteiger partial charge in [-0.15, -0.1) is 11.8 Å². The summed E-state index contributed by atoms with van der Waals surface area (Å²) in [6.45, 7) is 0. The second-order valence-electron chi connectivity index (χ2n) is 1.22. The molecule has 0 radical (unpaired) electrons. The molecule has 56 valence electrons. The molecule has 0 aliphatic carbocycles. The van der Waals surface area contributed by atoms with Crippen LogP contribution in [0.25, 0.3) is 0 Å². The minimum atomic E-state index is -4.84. The zero-order valence-electron chi connectivity index (χ0n) is 4.30. The van der Waals surface area contributed by atoms with Crippen LogP contribution in [0, 0.1) is 0 Å². The fraction of sp³-hybridized carbons (Fsp3) is 1.00. The van der Waals surface area contributed by atoms with Crippen LogP contribution < -0.4 is 0 Å². The number of alkyl halides is 5. The van der Waals surface area contributed by atoms with Crippen molar-refractivity contribution in [2.24, 2.45) is 0 Å². The van der Waals surface area contributed by atoms with E-state index in [2.05, 4.69) is 0 Å². The van der Waals surface area contributed by atoms with Crippen molar-refractivity contribution in [3.8, 4) is 0 Å². The van der Waals surface area contributed by atoms with Crippen molar-refractivity contribution in [2.45, 2.75) is 10.1 Å². The van der Waals surface area contributed by atoms with Gasteiger partial charge in [-0.25, -0.2) is 4.39 Å². The number of rotatable bonds is 1. The van der Waals surface area contributed by atoms with Crippen LogP contribution in [0.3, 0.4) is 0 Å². The topological polar surface area (TPSA) is 0 Å². The van der Waals surface area contributed by atoms with Gasteiger partial charge in [0.05, 0.1) is 0 Å². The summed E-state index contributed by atoms with van der Waals surface area (Å²) in [4.78, 5) is 0. The van der Waals surface area contributed by atoms with Gasteiger partial charge in [0.2, 0.25) is 0 Å². The molecule has 0 rings (SSSR count). The SMILES string of the molecule is CSC(F)(Br)C(F)(F)F. The van der Waals surface area contributed by atoms with E-state index in [1.54, 1.807) is 0 Å². The molecule has 0 N–H and O–H groups in total. The highest BCUT2D eigenvalue weighted by Gasteiger charge is 2.53. The van der Waals surface area contributed by atoms with Gasteiger partial charge < -0.3 is 0 Å². The lowest BCUT2D eigenvalue weighted by Crippen LogP contribution is -2.30. The third-order valence-electron chi connectivity index (χ3n) is 0.586. The highest BCUT2D eigenvalue weighted by Crippen LogP contribution is 2.46. The lowest BCUT2D eigenvalue weighted by Gasteiger charge is -2.18. The van der Waals surface area contributed by atoms with Gasteiger partial charge in [-0.05, 0) is 22.2 Å². The number of hydrogen-bond acceptors (Lipinski definition) is 1. The molecule has 1 atom stereocenters. The molecule has 0 fully saturated rings. The van der Waals surface area contributed by atoms with E-state index in [-0.39, 0.29) is 11.8 Å². The summed E-state index contributed by atoms with van der Waals surface area (Å²) in [6, 6.07) is 0.